The average Bonchev–Trinajstić information content (AvgIpc) is 2.37. The van der Waals surface area contributed by atoms with Gasteiger partial charge in [0, 0.05) is 18.8 Å². The summed E-state index contributed by atoms with van der Waals surface area (Å²) in [6.45, 7) is 2.77. The number of benzene rings is 1. The molecule has 0 unspecified atom stereocenters. The molecule has 0 radical (unpaired) electrons. The van der Waals surface area contributed by atoms with Gasteiger partial charge in [0.1, 0.15) is 0 Å². The van der Waals surface area contributed by atoms with E-state index >= 15 is 0 Å². The molecule has 1 aliphatic rings. The third-order valence-corrected chi connectivity index (χ3v) is 5.97. The van der Waals surface area contributed by atoms with Gasteiger partial charge in [-0.2, -0.15) is 0 Å². The summed E-state index contributed by atoms with van der Waals surface area (Å²) >= 11 is 0. The van der Waals surface area contributed by atoms with E-state index in [1.165, 1.54) is 18.2 Å². The Morgan fingerprint density at radius 3 is 2.29 bits per heavy atom. The van der Waals surface area contributed by atoms with Crippen molar-refractivity contribution in [3.63, 3.8) is 0 Å². The number of nitrogens with one attached hydrogen (secondary N) is 1. The van der Waals surface area contributed by atoms with Gasteiger partial charge in [-0.15, -0.1) is 0 Å². The van der Waals surface area contributed by atoms with Crippen molar-refractivity contribution in [3.05, 3.63) is 24.3 Å². The Balaban J connectivity index is 2.32. The van der Waals surface area contributed by atoms with E-state index in [0.717, 1.165) is 6.07 Å². The highest BCUT2D eigenvalue weighted by atomic mass is 32.2. The molecule has 0 saturated carbocycles. The Bertz CT molecular complexity index is 722. The minimum Gasteiger partial charge on any atom is -0.381 e. The Hall–Kier alpha value is -1.00. The van der Waals surface area contributed by atoms with E-state index in [2.05, 4.69) is 4.72 Å². The standard InChI is InChI=1S/C12H18N2O5S2/c1-12(5-7-19-8-6-12)14-21(17,18)11-4-2-3-10(9-11)20(13,15)16/h2-4,9,14H,5-8H2,1H3,(H2,13,15,16). The molecule has 0 aliphatic carbocycles. The first kappa shape index (κ1) is 16.4. The number of hydrogen-bond donors (Lipinski definition) is 2. The van der Waals surface area contributed by atoms with Gasteiger partial charge in [0.15, 0.2) is 0 Å². The molecule has 0 atom stereocenters. The van der Waals surface area contributed by atoms with Crippen molar-refractivity contribution in [2.45, 2.75) is 35.1 Å². The van der Waals surface area contributed by atoms with Gasteiger partial charge in [-0.3, -0.25) is 0 Å². The number of rotatable bonds is 4. The lowest BCUT2D eigenvalue weighted by atomic mass is 9.94. The van der Waals surface area contributed by atoms with Crippen LogP contribution in [0.1, 0.15) is 19.8 Å². The molecule has 118 valence electrons. The van der Waals surface area contributed by atoms with E-state index in [1.54, 1.807) is 6.92 Å². The van der Waals surface area contributed by atoms with Crippen LogP contribution in [0.25, 0.3) is 0 Å². The summed E-state index contributed by atoms with van der Waals surface area (Å²) in [5.74, 6) is 0. The summed E-state index contributed by atoms with van der Waals surface area (Å²) in [6.07, 6.45) is 1.11. The van der Waals surface area contributed by atoms with Crippen LogP contribution >= 0.6 is 0 Å². The number of nitrogens with two attached hydrogens (primary N) is 1. The summed E-state index contributed by atoms with van der Waals surface area (Å²) in [5, 5.41) is 5.02. The molecule has 3 N–H and O–H groups in total. The maximum atomic E-state index is 12.4. The highest BCUT2D eigenvalue weighted by Gasteiger charge is 2.32. The maximum Gasteiger partial charge on any atom is 0.241 e. The molecular weight excluding hydrogens is 316 g/mol. The molecule has 7 nitrogen and oxygen atoms in total. The monoisotopic (exact) mass is 334 g/mol. The average molecular weight is 334 g/mol. The van der Waals surface area contributed by atoms with Gasteiger partial charge in [0.25, 0.3) is 0 Å². The van der Waals surface area contributed by atoms with Gasteiger partial charge in [-0.25, -0.2) is 26.7 Å². The summed E-state index contributed by atoms with van der Waals surface area (Å²) in [4.78, 5) is -0.357. The molecule has 1 fully saturated rings. The summed E-state index contributed by atoms with van der Waals surface area (Å²) < 4.78 is 55.3. The number of primary sulfonamides is 1. The van der Waals surface area contributed by atoms with Crippen LogP contribution in [-0.4, -0.2) is 35.6 Å². The van der Waals surface area contributed by atoms with Gasteiger partial charge in [0.2, 0.25) is 20.0 Å². The van der Waals surface area contributed by atoms with Crippen molar-refractivity contribution in [3.8, 4) is 0 Å². The van der Waals surface area contributed by atoms with Crippen LogP contribution in [-0.2, 0) is 24.8 Å². The SMILES string of the molecule is CC1(NS(=O)(=O)c2cccc(S(N)(=O)=O)c2)CCOCC1. The molecule has 21 heavy (non-hydrogen) atoms. The van der Waals surface area contributed by atoms with E-state index in [9.17, 15) is 16.8 Å². The first-order valence-corrected chi connectivity index (χ1v) is 9.40. The van der Waals surface area contributed by atoms with E-state index in [-0.39, 0.29) is 9.79 Å². The molecule has 1 aromatic rings. The molecule has 0 amide bonds. The lowest BCUT2D eigenvalue weighted by Gasteiger charge is -2.34. The predicted octanol–water partition coefficient (Wildman–Crippen LogP) is 0.181. The van der Waals surface area contributed by atoms with Crippen LogP contribution in [0.3, 0.4) is 0 Å². The van der Waals surface area contributed by atoms with Crippen molar-refractivity contribution in [2.24, 2.45) is 5.14 Å². The number of ether oxygens (including phenoxy) is 1. The fourth-order valence-corrected chi connectivity index (χ4v) is 4.27. The molecule has 0 bridgehead atoms. The van der Waals surface area contributed by atoms with Crippen LogP contribution in [0.4, 0.5) is 0 Å². The molecule has 1 aliphatic heterocycles. The van der Waals surface area contributed by atoms with Gasteiger partial charge in [-0.05, 0) is 38.0 Å². The van der Waals surface area contributed by atoms with E-state index in [4.69, 9.17) is 9.88 Å². The Labute approximate surface area is 124 Å². The molecule has 0 spiro atoms. The van der Waals surface area contributed by atoms with Crippen LogP contribution in [0.15, 0.2) is 34.1 Å². The van der Waals surface area contributed by atoms with Gasteiger partial charge in [0.05, 0.1) is 9.79 Å². The zero-order chi connectivity index (χ0) is 15.7. The third kappa shape index (κ3) is 4.01. The van der Waals surface area contributed by atoms with E-state index < -0.39 is 25.6 Å². The Morgan fingerprint density at radius 1 is 1.14 bits per heavy atom. The van der Waals surface area contributed by atoms with Gasteiger partial charge < -0.3 is 4.74 Å². The minimum absolute atomic E-state index is 0.123. The summed E-state index contributed by atoms with van der Waals surface area (Å²) in [5.41, 5.74) is -0.603. The number of hydrogen-bond acceptors (Lipinski definition) is 5. The van der Waals surface area contributed by atoms with Crippen molar-refractivity contribution in [1.82, 2.24) is 4.72 Å². The van der Waals surface area contributed by atoms with Crippen LogP contribution in [0, 0.1) is 0 Å². The van der Waals surface area contributed by atoms with E-state index in [1.807, 2.05) is 0 Å². The fourth-order valence-electron chi connectivity index (χ4n) is 2.13. The van der Waals surface area contributed by atoms with Crippen molar-refractivity contribution in [2.75, 3.05) is 13.2 Å². The molecule has 2 rings (SSSR count). The highest BCUT2D eigenvalue weighted by Crippen LogP contribution is 2.23. The third-order valence-electron chi connectivity index (χ3n) is 3.42. The van der Waals surface area contributed by atoms with E-state index in [0.29, 0.717) is 26.1 Å². The molecular formula is C12H18N2O5S2. The molecule has 9 heteroatoms. The van der Waals surface area contributed by atoms with Crippen molar-refractivity contribution in [1.29, 1.82) is 0 Å². The second kappa shape index (κ2) is 5.65. The molecule has 1 heterocycles. The second-order valence-electron chi connectivity index (χ2n) is 5.30. The Morgan fingerprint density at radius 2 is 1.71 bits per heavy atom. The lowest BCUT2D eigenvalue weighted by molar-refractivity contribution is 0.0537. The quantitative estimate of drug-likeness (QED) is 0.815. The number of sulfonamides is 2. The zero-order valence-electron chi connectivity index (χ0n) is 11.6. The summed E-state index contributed by atoms with van der Waals surface area (Å²) in [6, 6.07) is 4.99. The maximum absolute atomic E-state index is 12.4. The first-order valence-electron chi connectivity index (χ1n) is 6.37. The highest BCUT2D eigenvalue weighted by molar-refractivity contribution is 7.90. The minimum atomic E-state index is -3.95. The predicted molar refractivity (Wildman–Crippen MR) is 76.6 cm³/mol. The second-order valence-corrected chi connectivity index (χ2v) is 8.54. The molecule has 0 aromatic heterocycles. The first-order chi connectivity index (χ1) is 9.62. The van der Waals surface area contributed by atoms with Crippen molar-refractivity contribution < 1.29 is 21.6 Å². The van der Waals surface area contributed by atoms with Crippen LogP contribution in [0.5, 0.6) is 0 Å². The summed E-state index contributed by atoms with van der Waals surface area (Å²) in [7, 11) is -7.77. The van der Waals surface area contributed by atoms with Crippen LogP contribution < -0.4 is 9.86 Å². The zero-order valence-corrected chi connectivity index (χ0v) is 13.2. The van der Waals surface area contributed by atoms with Crippen LogP contribution in [0.2, 0.25) is 0 Å². The van der Waals surface area contributed by atoms with Gasteiger partial charge >= 0.3 is 0 Å². The topological polar surface area (TPSA) is 116 Å². The van der Waals surface area contributed by atoms with Crippen molar-refractivity contribution >= 4 is 20.0 Å². The molecule has 1 saturated heterocycles. The largest absolute Gasteiger partial charge is 0.381 e. The smallest absolute Gasteiger partial charge is 0.241 e. The molecule has 1 aromatic carbocycles. The Kier molecular flexibility index (Phi) is 4.41. The lowest BCUT2D eigenvalue weighted by Crippen LogP contribution is -2.49. The fraction of sp³-hybridized carbons (Fsp3) is 0.500. The van der Waals surface area contributed by atoms with Gasteiger partial charge in [-0.1, -0.05) is 6.07 Å². The normalized spacial score (nSPS) is 19.3.